The third kappa shape index (κ3) is 4.77. The number of thiocarbonyl (C=S) groups is 1. The Hall–Kier alpha value is -1.98. The highest BCUT2D eigenvalue weighted by Gasteiger charge is 2.17. The molecule has 0 saturated carbocycles. The van der Waals surface area contributed by atoms with Crippen molar-refractivity contribution in [1.29, 1.82) is 0 Å². The van der Waals surface area contributed by atoms with Crippen molar-refractivity contribution in [2.75, 3.05) is 25.5 Å². The number of aromatic nitrogens is 1. The second kappa shape index (κ2) is 8.41. The number of benzene rings is 1. The molecule has 0 saturated heterocycles. The van der Waals surface area contributed by atoms with E-state index in [0.717, 1.165) is 50.3 Å². The highest BCUT2D eigenvalue weighted by molar-refractivity contribution is 7.80. The quantitative estimate of drug-likeness (QED) is 0.563. The summed E-state index contributed by atoms with van der Waals surface area (Å²) in [4.78, 5) is 7.52. The van der Waals surface area contributed by atoms with Gasteiger partial charge in [0.05, 0.1) is 5.56 Å². The van der Waals surface area contributed by atoms with E-state index in [1.807, 2.05) is 0 Å². The molecule has 2 aromatic rings. The number of nitrogens with two attached hydrogens (primary N) is 1. The molecule has 3 N–H and O–H groups in total. The molecule has 0 radical (unpaired) electrons. The average Bonchev–Trinajstić information content (AvgIpc) is 3.06. The molecule has 1 aliphatic rings. The van der Waals surface area contributed by atoms with Crippen molar-refractivity contribution in [3.8, 4) is 0 Å². The highest BCUT2D eigenvalue weighted by Crippen LogP contribution is 2.25. The molecule has 5 heteroatoms. The predicted octanol–water partition coefficient (Wildman–Crippen LogP) is 3.14. The fraction of sp³-hybridized carbons (Fsp3) is 0.400. The van der Waals surface area contributed by atoms with E-state index in [1.54, 1.807) is 0 Å². The normalized spacial score (nSPS) is 13.0. The number of aryl methyl sites for hydroxylation is 2. The molecule has 25 heavy (non-hydrogen) atoms. The van der Waals surface area contributed by atoms with Crippen LogP contribution in [0.1, 0.15) is 35.2 Å². The number of pyridine rings is 1. The molecule has 0 unspecified atom stereocenters. The lowest BCUT2D eigenvalue weighted by Crippen LogP contribution is -2.22. The summed E-state index contributed by atoms with van der Waals surface area (Å²) in [7, 11) is 2.15. The van der Waals surface area contributed by atoms with Gasteiger partial charge in [-0.05, 0) is 56.5 Å². The van der Waals surface area contributed by atoms with Crippen LogP contribution in [0.15, 0.2) is 36.4 Å². The number of fused-ring (bicyclic) bond motifs is 1. The number of nitrogens with zero attached hydrogens (tertiary/aromatic N) is 2. The monoisotopic (exact) mass is 354 g/mol. The van der Waals surface area contributed by atoms with E-state index in [1.165, 1.54) is 23.2 Å². The van der Waals surface area contributed by atoms with Gasteiger partial charge < -0.3 is 16.0 Å². The summed E-state index contributed by atoms with van der Waals surface area (Å²) < 4.78 is 0. The summed E-state index contributed by atoms with van der Waals surface area (Å²) in [5.41, 5.74) is 10.6. The van der Waals surface area contributed by atoms with Crippen LogP contribution < -0.4 is 11.1 Å². The van der Waals surface area contributed by atoms with Gasteiger partial charge in [0.1, 0.15) is 10.8 Å². The average molecular weight is 355 g/mol. The molecule has 3 rings (SSSR count). The van der Waals surface area contributed by atoms with Crippen LogP contribution in [0, 0.1) is 0 Å². The van der Waals surface area contributed by atoms with Gasteiger partial charge in [-0.15, -0.1) is 0 Å². The van der Waals surface area contributed by atoms with Crippen LogP contribution in [0.3, 0.4) is 0 Å². The number of nitrogens with one attached hydrogen (secondary N) is 1. The molecule has 4 nitrogen and oxygen atoms in total. The SMILES string of the molecule is CN(CCCNc1nc2c(cc1C(N)=S)CCC2)Cc1ccccc1. The summed E-state index contributed by atoms with van der Waals surface area (Å²) >= 11 is 5.20. The zero-order valence-electron chi connectivity index (χ0n) is 14.8. The first-order valence-corrected chi connectivity index (χ1v) is 9.33. The zero-order chi connectivity index (χ0) is 17.6. The maximum atomic E-state index is 5.89. The lowest BCUT2D eigenvalue weighted by molar-refractivity contribution is 0.325. The Labute approximate surface area is 155 Å². The van der Waals surface area contributed by atoms with Gasteiger partial charge in [0.2, 0.25) is 0 Å². The minimum Gasteiger partial charge on any atom is -0.389 e. The summed E-state index contributed by atoms with van der Waals surface area (Å²) in [5, 5.41) is 3.44. The van der Waals surface area contributed by atoms with Gasteiger partial charge in [-0.1, -0.05) is 42.5 Å². The molecular formula is C20H26N4S. The summed E-state index contributed by atoms with van der Waals surface area (Å²) in [6.07, 6.45) is 4.36. The van der Waals surface area contributed by atoms with Crippen LogP contribution in [0.2, 0.25) is 0 Å². The first-order valence-electron chi connectivity index (χ1n) is 8.92. The maximum absolute atomic E-state index is 5.89. The Bertz CT molecular complexity index is 730. The van der Waals surface area contributed by atoms with Crippen LogP contribution in [0.4, 0.5) is 5.82 Å². The third-order valence-electron chi connectivity index (χ3n) is 4.62. The van der Waals surface area contributed by atoms with Crippen LogP contribution in [-0.4, -0.2) is 35.0 Å². The zero-order valence-corrected chi connectivity index (χ0v) is 15.6. The van der Waals surface area contributed by atoms with Gasteiger partial charge in [-0.25, -0.2) is 4.98 Å². The van der Waals surface area contributed by atoms with Crippen LogP contribution in [0.5, 0.6) is 0 Å². The second-order valence-corrected chi connectivity index (χ2v) is 7.15. The standard InChI is InChI=1S/C20H26N4S/c1-24(14-15-7-3-2-4-8-15)12-6-11-22-20-17(19(21)25)13-16-9-5-10-18(16)23-20/h2-4,7-8,13H,5-6,9-12,14H2,1H3,(H2,21,25)(H,22,23). The Kier molecular flexibility index (Phi) is 6.00. The van der Waals surface area contributed by atoms with Crippen molar-refractivity contribution in [2.45, 2.75) is 32.2 Å². The lowest BCUT2D eigenvalue weighted by atomic mass is 10.1. The van der Waals surface area contributed by atoms with Crippen molar-refractivity contribution in [1.82, 2.24) is 9.88 Å². The minimum atomic E-state index is 0.422. The lowest BCUT2D eigenvalue weighted by Gasteiger charge is -2.17. The van der Waals surface area contributed by atoms with Crippen LogP contribution in [0.25, 0.3) is 0 Å². The van der Waals surface area contributed by atoms with Gasteiger partial charge >= 0.3 is 0 Å². The van der Waals surface area contributed by atoms with E-state index in [4.69, 9.17) is 22.9 Å². The molecule has 132 valence electrons. The van der Waals surface area contributed by atoms with Crippen molar-refractivity contribution in [2.24, 2.45) is 5.73 Å². The van der Waals surface area contributed by atoms with Crippen molar-refractivity contribution < 1.29 is 0 Å². The van der Waals surface area contributed by atoms with E-state index in [2.05, 4.69) is 53.7 Å². The molecular weight excluding hydrogens is 328 g/mol. The molecule has 0 fully saturated rings. The number of rotatable bonds is 8. The largest absolute Gasteiger partial charge is 0.389 e. The van der Waals surface area contributed by atoms with E-state index in [0.29, 0.717) is 4.99 Å². The van der Waals surface area contributed by atoms with Gasteiger partial charge in [0.25, 0.3) is 0 Å². The molecule has 1 aromatic carbocycles. The molecule has 0 bridgehead atoms. The Morgan fingerprint density at radius 1 is 1.28 bits per heavy atom. The van der Waals surface area contributed by atoms with Crippen molar-refractivity contribution in [3.63, 3.8) is 0 Å². The molecule has 1 heterocycles. The summed E-state index contributed by atoms with van der Waals surface area (Å²) in [6.45, 7) is 2.85. The number of hydrogen-bond donors (Lipinski definition) is 2. The van der Waals surface area contributed by atoms with Crippen molar-refractivity contribution in [3.05, 3.63) is 58.8 Å². The van der Waals surface area contributed by atoms with Gasteiger partial charge in [0.15, 0.2) is 0 Å². The highest BCUT2D eigenvalue weighted by atomic mass is 32.1. The second-order valence-electron chi connectivity index (χ2n) is 6.71. The Morgan fingerprint density at radius 2 is 2.08 bits per heavy atom. The fourth-order valence-electron chi connectivity index (χ4n) is 3.32. The Balaban J connectivity index is 1.51. The van der Waals surface area contributed by atoms with Crippen LogP contribution >= 0.6 is 12.2 Å². The first-order chi connectivity index (χ1) is 12.1. The number of anilines is 1. The first kappa shape index (κ1) is 17.8. The van der Waals surface area contributed by atoms with Gasteiger partial charge in [-0.3, -0.25) is 0 Å². The molecule has 0 spiro atoms. The van der Waals surface area contributed by atoms with Crippen LogP contribution in [-0.2, 0) is 19.4 Å². The molecule has 0 atom stereocenters. The predicted molar refractivity (Wildman–Crippen MR) is 108 cm³/mol. The third-order valence-corrected chi connectivity index (χ3v) is 4.84. The Morgan fingerprint density at radius 3 is 2.84 bits per heavy atom. The smallest absolute Gasteiger partial charge is 0.136 e. The van der Waals surface area contributed by atoms with Gasteiger partial charge in [-0.2, -0.15) is 0 Å². The summed E-state index contributed by atoms with van der Waals surface area (Å²) in [6, 6.07) is 12.7. The number of hydrogen-bond acceptors (Lipinski definition) is 4. The van der Waals surface area contributed by atoms with E-state index < -0.39 is 0 Å². The fourth-order valence-corrected chi connectivity index (χ4v) is 3.48. The van der Waals surface area contributed by atoms with E-state index >= 15 is 0 Å². The molecule has 1 aromatic heterocycles. The van der Waals surface area contributed by atoms with Gasteiger partial charge in [0, 0.05) is 18.8 Å². The minimum absolute atomic E-state index is 0.422. The molecule has 0 amide bonds. The topological polar surface area (TPSA) is 54.2 Å². The summed E-state index contributed by atoms with van der Waals surface area (Å²) in [5.74, 6) is 0.846. The molecule has 0 aliphatic heterocycles. The maximum Gasteiger partial charge on any atom is 0.136 e. The van der Waals surface area contributed by atoms with Crippen molar-refractivity contribution >= 4 is 23.0 Å². The van der Waals surface area contributed by atoms with E-state index in [9.17, 15) is 0 Å². The van der Waals surface area contributed by atoms with E-state index in [-0.39, 0.29) is 0 Å². The molecule has 1 aliphatic carbocycles.